The lowest BCUT2D eigenvalue weighted by Gasteiger charge is -2.25. The molecule has 0 aromatic heterocycles. The van der Waals surface area contributed by atoms with Crippen LogP contribution in [0.4, 0.5) is 0 Å². The maximum absolute atomic E-state index is 12.5. The third kappa shape index (κ3) is 6.79. The molecule has 0 saturated heterocycles. The predicted octanol–water partition coefficient (Wildman–Crippen LogP) is 2.97. The summed E-state index contributed by atoms with van der Waals surface area (Å²) < 4.78 is 17.4. The standard InChI is InChI=1S/C22H28B2O5/c1-21(2,3)19(25)27-23(17-13-9-7-10-14-17)29-24(18-15-11-8-12-16-18)28-20(26)22(4,5)6/h7-16H,1-6H3. The van der Waals surface area contributed by atoms with Crippen molar-refractivity contribution in [1.82, 2.24) is 0 Å². The van der Waals surface area contributed by atoms with Gasteiger partial charge >= 0.3 is 14.2 Å². The summed E-state index contributed by atoms with van der Waals surface area (Å²) in [6.07, 6.45) is 0. The highest BCUT2D eigenvalue weighted by molar-refractivity contribution is 6.75. The average molecular weight is 394 g/mol. The molecule has 0 aliphatic heterocycles. The van der Waals surface area contributed by atoms with Gasteiger partial charge in [-0.3, -0.25) is 9.59 Å². The zero-order chi connectivity index (χ0) is 21.7. The van der Waals surface area contributed by atoms with Gasteiger partial charge in [0.15, 0.2) is 0 Å². The van der Waals surface area contributed by atoms with Crippen molar-refractivity contribution in [3.05, 3.63) is 60.7 Å². The third-order valence-electron chi connectivity index (χ3n) is 4.04. The van der Waals surface area contributed by atoms with Gasteiger partial charge < -0.3 is 13.9 Å². The predicted molar refractivity (Wildman–Crippen MR) is 116 cm³/mol. The van der Waals surface area contributed by atoms with E-state index in [2.05, 4.69) is 0 Å². The van der Waals surface area contributed by atoms with Crippen molar-refractivity contribution < 1.29 is 23.5 Å². The van der Waals surface area contributed by atoms with E-state index in [1.165, 1.54) is 0 Å². The summed E-state index contributed by atoms with van der Waals surface area (Å²) in [5.74, 6) is -0.833. The highest BCUT2D eigenvalue weighted by atomic mass is 16.7. The van der Waals surface area contributed by atoms with Gasteiger partial charge in [0, 0.05) is 0 Å². The Balaban J connectivity index is 2.36. The lowest BCUT2D eigenvalue weighted by molar-refractivity contribution is -0.144. The van der Waals surface area contributed by atoms with Crippen LogP contribution in [0.1, 0.15) is 41.5 Å². The first-order valence-corrected chi connectivity index (χ1v) is 9.66. The molecule has 0 fully saturated rings. The van der Waals surface area contributed by atoms with E-state index in [0.717, 1.165) is 0 Å². The monoisotopic (exact) mass is 394 g/mol. The van der Waals surface area contributed by atoms with Crippen molar-refractivity contribution in [1.29, 1.82) is 0 Å². The van der Waals surface area contributed by atoms with Crippen molar-refractivity contribution in [2.45, 2.75) is 41.5 Å². The molecule has 0 atom stereocenters. The molecule has 0 spiro atoms. The van der Waals surface area contributed by atoms with Crippen LogP contribution in [0.5, 0.6) is 0 Å². The Morgan fingerprint density at radius 1 is 0.621 bits per heavy atom. The smallest absolute Gasteiger partial charge is 0.506 e. The van der Waals surface area contributed by atoms with Gasteiger partial charge in [0.25, 0.3) is 11.9 Å². The van der Waals surface area contributed by atoms with Gasteiger partial charge in [0.1, 0.15) is 0 Å². The Bertz CT molecular complexity index is 741. The quantitative estimate of drug-likeness (QED) is 0.706. The molecule has 0 unspecified atom stereocenters. The Kier molecular flexibility index (Phi) is 7.31. The molecule has 152 valence electrons. The van der Waals surface area contributed by atoms with E-state index in [1.807, 2.05) is 36.4 Å². The van der Waals surface area contributed by atoms with Crippen LogP contribution in [-0.2, 0) is 23.5 Å². The summed E-state index contributed by atoms with van der Waals surface area (Å²) in [6.45, 7) is 10.6. The summed E-state index contributed by atoms with van der Waals surface area (Å²) in [5, 5.41) is 0. The van der Waals surface area contributed by atoms with Crippen molar-refractivity contribution in [3.63, 3.8) is 0 Å². The molecule has 0 bridgehead atoms. The number of hydrogen-bond donors (Lipinski definition) is 0. The molecule has 2 aromatic rings. The Morgan fingerprint density at radius 3 is 1.21 bits per heavy atom. The molecular weight excluding hydrogens is 366 g/mol. The summed E-state index contributed by atoms with van der Waals surface area (Å²) in [7, 11) is -2.05. The second-order valence-electron chi connectivity index (χ2n) is 8.93. The molecule has 0 radical (unpaired) electrons. The molecule has 0 N–H and O–H groups in total. The van der Waals surface area contributed by atoms with Crippen LogP contribution in [0.15, 0.2) is 60.7 Å². The number of benzene rings is 2. The normalized spacial score (nSPS) is 11.5. The lowest BCUT2D eigenvalue weighted by atomic mass is 9.70. The van der Waals surface area contributed by atoms with E-state index in [1.54, 1.807) is 65.8 Å². The molecule has 7 heteroatoms. The van der Waals surface area contributed by atoms with Crippen LogP contribution in [0.25, 0.3) is 0 Å². The molecule has 5 nitrogen and oxygen atoms in total. The number of hydrogen-bond acceptors (Lipinski definition) is 5. The van der Waals surface area contributed by atoms with Gasteiger partial charge in [-0.1, -0.05) is 60.7 Å². The minimum Gasteiger partial charge on any atom is -0.506 e. The average Bonchev–Trinajstić information content (AvgIpc) is 2.66. The summed E-state index contributed by atoms with van der Waals surface area (Å²) >= 11 is 0. The largest absolute Gasteiger partial charge is 0.552 e. The number of carbonyl (C=O) groups excluding carboxylic acids is 2. The third-order valence-corrected chi connectivity index (χ3v) is 4.04. The van der Waals surface area contributed by atoms with E-state index >= 15 is 0 Å². The molecule has 2 aromatic carbocycles. The highest BCUT2D eigenvalue weighted by Gasteiger charge is 2.39. The fourth-order valence-electron chi connectivity index (χ4n) is 2.23. The van der Waals surface area contributed by atoms with Crippen LogP contribution < -0.4 is 10.9 Å². The maximum Gasteiger partial charge on any atom is 0.552 e. The minimum absolute atomic E-state index is 0.416. The van der Waals surface area contributed by atoms with Crippen LogP contribution >= 0.6 is 0 Å². The van der Waals surface area contributed by atoms with E-state index in [0.29, 0.717) is 10.9 Å². The van der Waals surface area contributed by atoms with Crippen LogP contribution in [0.3, 0.4) is 0 Å². The van der Waals surface area contributed by atoms with Crippen LogP contribution in [0, 0.1) is 10.8 Å². The Morgan fingerprint density at radius 2 is 0.931 bits per heavy atom. The topological polar surface area (TPSA) is 61.8 Å². The fraction of sp³-hybridized carbons (Fsp3) is 0.364. The molecule has 0 aliphatic carbocycles. The molecular formula is C22H28B2O5. The fourth-order valence-corrected chi connectivity index (χ4v) is 2.23. The Labute approximate surface area is 174 Å². The second kappa shape index (κ2) is 9.31. The Hall–Kier alpha value is -2.53. The highest BCUT2D eigenvalue weighted by Crippen LogP contribution is 2.18. The summed E-state index contributed by atoms with van der Waals surface area (Å²) in [4.78, 5) is 25.1. The van der Waals surface area contributed by atoms with Gasteiger partial charge in [0.2, 0.25) is 0 Å². The molecule has 0 amide bonds. The van der Waals surface area contributed by atoms with Crippen molar-refractivity contribution in [2.24, 2.45) is 10.8 Å². The van der Waals surface area contributed by atoms with E-state index in [9.17, 15) is 9.59 Å². The molecule has 0 saturated carbocycles. The second-order valence-corrected chi connectivity index (χ2v) is 8.93. The first-order chi connectivity index (χ1) is 13.5. The van der Waals surface area contributed by atoms with E-state index < -0.39 is 37.0 Å². The molecule has 29 heavy (non-hydrogen) atoms. The van der Waals surface area contributed by atoms with Crippen molar-refractivity contribution in [3.8, 4) is 0 Å². The van der Waals surface area contributed by atoms with E-state index in [-0.39, 0.29) is 0 Å². The zero-order valence-corrected chi connectivity index (χ0v) is 18.0. The maximum atomic E-state index is 12.5. The van der Waals surface area contributed by atoms with Gasteiger partial charge in [-0.05, 0) is 52.5 Å². The lowest BCUT2D eigenvalue weighted by Crippen LogP contribution is -2.51. The van der Waals surface area contributed by atoms with Gasteiger partial charge in [0.05, 0.1) is 10.8 Å². The van der Waals surface area contributed by atoms with Gasteiger partial charge in [-0.25, -0.2) is 0 Å². The van der Waals surface area contributed by atoms with Crippen LogP contribution in [0.2, 0.25) is 0 Å². The molecule has 0 aliphatic rings. The molecule has 0 heterocycles. The van der Waals surface area contributed by atoms with Crippen molar-refractivity contribution in [2.75, 3.05) is 0 Å². The van der Waals surface area contributed by atoms with Gasteiger partial charge in [-0.2, -0.15) is 0 Å². The number of carbonyl (C=O) groups is 2. The number of rotatable bonds is 6. The van der Waals surface area contributed by atoms with Crippen molar-refractivity contribution >= 4 is 37.1 Å². The molecule has 2 rings (SSSR count). The zero-order valence-electron chi connectivity index (χ0n) is 18.0. The van der Waals surface area contributed by atoms with Crippen LogP contribution in [-0.4, -0.2) is 26.2 Å². The summed E-state index contributed by atoms with van der Waals surface area (Å²) in [5.41, 5.74) is -0.114. The summed E-state index contributed by atoms with van der Waals surface area (Å²) in [6, 6.07) is 18.2. The van der Waals surface area contributed by atoms with Gasteiger partial charge in [-0.15, -0.1) is 0 Å². The first kappa shape index (κ1) is 22.8. The van der Waals surface area contributed by atoms with E-state index in [4.69, 9.17) is 13.9 Å². The SMILES string of the molecule is CC(C)(C)C(=O)OB(OB(OC(=O)C(C)(C)C)c1ccccc1)c1ccccc1. The minimum atomic E-state index is -1.03. The first-order valence-electron chi connectivity index (χ1n) is 9.66.